The Labute approximate surface area is 523 Å². The predicted octanol–water partition coefficient (Wildman–Crippen LogP) is 6.37. The highest BCUT2D eigenvalue weighted by atomic mass is 31.2. The summed E-state index contributed by atoms with van der Waals surface area (Å²) in [5.74, 6) is -5.25. The van der Waals surface area contributed by atoms with E-state index in [1.807, 2.05) is 72.8 Å². The lowest BCUT2D eigenvalue weighted by Crippen LogP contribution is -2.62. The van der Waals surface area contributed by atoms with Crippen LogP contribution in [0.2, 0.25) is 0 Å². The molecule has 0 saturated carbocycles. The number of aliphatic carboxylic acids is 1. The Morgan fingerprint density at radius 2 is 1.43 bits per heavy atom. The molecule has 5 heterocycles. The summed E-state index contributed by atoms with van der Waals surface area (Å²) >= 11 is 0. The average molecular weight is 1260 g/mol. The molecule has 2 fully saturated rings. The minimum absolute atomic E-state index is 0.0674. The molecule has 2 aliphatic rings. The summed E-state index contributed by atoms with van der Waals surface area (Å²) in [6.45, 7) is -0.610. The largest absolute Gasteiger partial charge is 0.480 e. The minimum atomic E-state index is -5.13. The van der Waals surface area contributed by atoms with Gasteiger partial charge in [-0.2, -0.15) is 0 Å². The SMILES string of the molecule is NC(=O)CC[C@H](NC(=O)[C@@H]1CC[C@@H]2CCN(C(=O)CCCCCCCCc3cncc(-c4cccc(C(=O)Nc5ccc(=O)n(CC(=O)O)c5)c4)c3)C[C@H](NC(=O)c3cc4cc(C(=O)P(=O)(O)O)ccc4[nH]3)C(=O)N21)C(=O)NC(c1ccccc1)c1ccccc1. The summed E-state index contributed by atoms with van der Waals surface area (Å²) in [5.41, 5.74) is 8.36. The van der Waals surface area contributed by atoms with Gasteiger partial charge in [-0.1, -0.05) is 98.5 Å². The van der Waals surface area contributed by atoms with Gasteiger partial charge in [-0.05, 0) is 116 Å². The fourth-order valence-corrected chi connectivity index (χ4v) is 12.1. The minimum Gasteiger partial charge on any atom is -0.480 e. The van der Waals surface area contributed by atoms with E-state index in [9.17, 15) is 57.5 Å². The number of pyridine rings is 2. The number of nitrogens with zero attached hydrogens (tertiary/aromatic N) is 4. The maximum atomic E-state index is 15.1. The van der Waals surface area contributed by atoms with Crippen LogP contribution in [0.3, 0.4) is 0 Å². The van der Waals surface area contributed by atoms with Gasteiger partial charge in [0.15, 0.2) is 0 Å². The number of aryl methyl sites for hydroxylation is 1. The number of hydrogen-bond acceptors (Lipinski definition) is 12. The van der Waals surface area contributed by atoms with Gasteiger partial charge < -0.3 is 61.2 Å². The molecule has 91 heavy (non-hydrogen) atoms. The van der Waals surface area contributed by atoms with Gasteiger partial charge in [0.05, 0.1) is 11.7 Å². The molecule has 24 nitrogen and oxygen atoms in total. The topological polar surface area (TPSA) is 363 Å². The number of unbranched alkanes of at least 4 members (excludes halogenated alkanes) is 5. The van der Waals surface area contributed by atoms with Gasteiger partial charge in [-0.3, -0.25) is 57.5 Å². The number of carbonyl (C=O) groups is 9. The van der Waals surface area contributed by atoms with Crippen LogP contribution in [0.1, 0.15) is 131 Å². The predicted molar refractivity (Wildman–Crippen MR) is 336 cm³/mol. The molecule has 0 spiro atoms. The Hall–Kier alpha value is -9.90. The molecule has 7 amide bonds. The first-order valence-corrected chi connectivity index (χ1v) is 31.7. The number of nitrogens with two attached hydrogens (primary N) is 1. The van der Waals surface area contributed by atoms with Gasteiger partial charge in [0.1, 0.15) is 30.4 Å². The van der Waals surface area contributed by atoms with Gasteiger partial charge in [0.25, 0.3) is 22.9 Å². The quantitative estimate of drug-likeness (QED) is 0.0200. The molecular formula is C66H71N10O14P. The van der Waals surface area contributed by atoms with E-state index in [0.29, 0.717) is 30.3 Å². The fourth-order valence-electron chi connectivity index (χ4n) is 11.6. The zero-order chi connectivity index (χ0) is 64.8. The average Bonchev–Trinajstić information content (AvgIpc) is 1.79. The summed E-state index contributed by atoms with van der Waals surface area (Å²) < 4.78 is 12.8. The Morgan fingerprint density at radius 3 is 2.13 bits per heavy atom. The molecule has 474 valence electrons. The highest BCUT2D eigenvalue weighted by Gasteiger charge is 2.46. The highest BCUT2D eigenvalue weighted by Crippen LogP contribution is 2.40. The van der Waals surface area contributed by atoms with Crippen LogP contribution in [0.5, 0.6) is 0 Å². The fraction of sp³-hybridized carbons (Fsp3) is 0.318. The maximum Gasteiger partial charge on any atom is 0.396 e. The Balaban J connectivity index is 0.822. The number of carboxylic acids is 1. The number of nitrogens with one attached hydrogen (secondary N) is 5. The van der Waals surface area contributed by atoms with Crippen LogP contribution in [-0.2, 0) is 46.3 Å². The number of carbonyl (C=O) groups excluding carboxylic acids is 8. The molecular weight excluding hydrogens is 1190 g/mol. The third-order valence-corrected chi connectivity index (χ3v) is 17.1. The number of benzene rings is 4. The molecule has 9 rings (SSSR count). The molecule has 2 saturated heterocycles. The third kappa shape index (κ3) is 17.3. The smallest absolute Gasteiger partial charge is 0.396 e. The van der Waals surface area contributed by atoms with Crippen molar-refractivity contribution < 1.29 is 62.6 Å². The van der Waals surface area contributed by atoms with Crippen molar-refractivity contribution in [1.29, 1.82) is 0 Å². The third-order valence-electron chi connectivity index (χ3n) is 16.3. The van der Waals surface area contributed by atoms with E-state index < -0.39 is 96.8 Å². The zero-order valence-corrected chi connectivity index (χ0v) is 50.6. The number of amides is 7. The van der Waals surface area contributed by atoms with Crippen molar-refractivity contribution in [1.82, 2.24) is 40.3 Å². The highest BCUT2D eigenvalue weighted by molar-refractivity contribution is 7.70. The van der Waals surface area contributed by atoms with Crippen LogP contribution in [0.15, 0.2) is 151 Å². The number of primary amides is 1. The van der Waals surface area contributed by atoms with Gasteiger partial charge in [0, 0.05) is 84.2 Å². The molecule has 2 aliphatic heterocycles. The number of fused-ring (bicyclic) bond motifs is 2. The molecule has 4 aromatic carbocycles. The van der Waals surface area contributed by atoms with Gasteiger partial charge in [0.2, 0.25) is 29.5 Å². The first-order valence-electron chi connectivity index (χ1n) is 30.1. The molecule has 10 N–H and O–H groups in total. The lowest BCUT2D eigenvalue weighted by Gasteiger charge is -2.39. The van der Waals surface area contributed by atoms with Gasteiger partial charge in [-0.25, -0.2) is 0 Å². The van der Waals surface area contributed by atoms with Crippen molar-refractivity contribution in [3.05, 3.63) is 190 Å². The molecule has 4 atom stereocenters. The van der Waals surface area contributed by atoms with E-state index in [1.165, 1.54) is 47.5 Å². The summed E-state index contributed by atoms with van der Waals surface area (Å²) in [5, 5.41) is 20.8. The second-order valence-corrected chi connectivity index (χ2v) is 24.3. The van der Waals surface area contributed by atoms with E-state index in [2.05, 4.69) is 31.2 Å². The first-order chi connectivity index (χ1) is 43.7. The maximum absolute atomic E-state index is 15.1. The molecule has 0 aliphatic carbocycles. The van der Waals surface area contributed by atoms with E-state index in [-0.39, 0.29) is 67.0 Å². The molecule has 0 bridgehead atoms. The number of aromatic nitrogens is 3. The Kier molecular flexibility index (Phi) is 21.7. The lowest BCUT2D eigenvalue weighted by atomic mass is 9.98. The van der Waals surface area contributed by atoms with Crippen molar-refractivity contribution >= 4 is 77.0 Å². The van der Waals surface area contributed by atoms with Gasteiger partial charge >= 0.3 is 13.6 Å². The van der Waals surface area contributed by atoms with Crippen molar-refractivity contribution in [2.75, 3.05) is 18.4 Å². The number of hydrogen-bond donors (Lipinski definition) is 9. The van der Waals surface area contributed by atoms with Crippen molar-refractivity contribution in [3.8, 4) is 11.1 Å². The van der Waals surface area contributed by atoms with Crippen molar-refractivity contribution in [2.45, 2.75) is 120 Å². The van der Waals surface area contributed by atoms with Crippen LogP contribution in [0, 0.1) is 0 Å². The standard InChI is InChI=1S/C66H71N10O14P/c67-56(77)28-26-52(62(83)73-60(42-15-8-5-9-16-42)43-17-10-6-11-18-43)71-64(85)55-27-24-50-30-31-74(39-54(65(86)76(50)55)72-63(84)53-35-47-34-46(22-25-51(47)70-53)66(87)91(88,89)90)57(78)21-12-4-2-1-3-7-14-41-32-48(37-68-36-41)44-19-13-20-45(33-44)61(82)69-49-23-29-58(79)75(38-49)40-59(80)81/h5-6,8-11,13,15-20,22-23,25,29,32-38,50,52,54-55,60,70H,1-4,7,12,14,21,24,26-28,30-31,39-40H2,(H2,67,77)(H,69,82)(H,71,85)(H,72,84)(H,73,83)(H,80,81)(H2,88,89,90)/t50-,52+,54+,55+/m1/s1. The lowest BCUT2D eigenvalue weighted by molar-refractivity contribution is -0.145. The van der Waals surface area contributed by atoms with E-state index in [0.717, 1.165) is 70.9 Å². The number of rotatable bonds is 27. The molecule has 25 heteroatoms. The number of aromatic amines is 1. The first kappa shape index (κ1) is 65.5. The number of carboxylic acid groups (broad SMARTS) is 1. The van der Waals surface area contributed by atoms with Crippen molar-refractivity contribution in [3.63, 3.8) is 0 Å². The second kappa shape index (κ2) is 30.1. The van der Waals surface area contributed by atoms with E-state index >= 15 is 4.79 Å². The number of anilines is 1. The van der Waals surface area contributed by atoms with Crippen LogP contribution >= 0.6 is 7.60 Å². The number of H-pyrrole nitrogens is 1. The summed E-state index contributed by atoms with van der Waals surface area (Å²) in [6, 6.07) is 30.3. The van der Waals surface area contributed by atoms with Crippen LogP contribution in [-0.4, -0.2) is 129 Å². The van der Waals surface area contributed by atoms with Crippen LogP contribution in [0.4, 0.5) is 5.69 Å². The van der Waals surface area contributed by atoms with Crippen LogP contribution in [0.25, 0.3) is 22.0 Å². The summed E-state index contributed by atoms with van der Waals surface area (Å²) in [6.07, 6.45) is 11.0. The summed E-state index contributed by atoms with van der Waals surface area (Å²) in [4.78, 5) is 163. The molecule has 3 aromatic heterocycles. The van der Waals surface area contributed by atoms with E-state index in [4.69, 9.17) is 10.8 Å². The van der Waals surface area contributed by atoms with Crippen molar-refractivity contribution in [2.24, 2.45) is 5.73 Å². The molecule has 7 aromatic rings. The normalized spacial score (nSPS) is 16.1. The molecule has 0 radical (unpaired) electrons. The second-order valence-electron chi connectivity index (χ2n) is 22.8. The van der Waals surface area contributed by atoms with Gasteiger partial charge in [-0.15, -0.1) is 0 Å². The Bertz CT molecular complexity index is 3930. The Morgan fingerprint density at radius 1 is 0.714 bits per heavy atom. The van der Waals surface area contributed by atoms with Crippen LogP contribution < -0.4 is 32.6 Å². The zero-order valence-electron chi connectivity index (χ0n) is 49.7. The van der Waals surface area contributed by atoms with E-state index in [1.54, 1.807) is 35.5 Å². The molecule has 0 unspecified atom stereocenters. The monoisotopic (exact) mass is 1260 g/mol. The summed E-state index contributed by atoms with van der Waals surface area (Å²) in [7, 11) is -5.13.